The lowest BCUT2D eigenvalue weighted by atomic mass is 10.2. The quantitative estimate of drug-likeness (QED) is 0.446. The van der Waals surface area contributed by atoms with Gasteiger partial charge in [-0.15, -0.1) is 23.1 Å². The van der Waals surface area contributed by atoms with Gasteiger partial charge in [0.25, 0.3) is 5.56 Å². The van der Waals surface area contributed by atoms with E-state index in [0.717, 1.165) is 27.4 Å². The zero-order valence-corrected chi connectivity index (χ0v) is 20.4. The van der Waals surface area contributed by atoms with Crippen LogP contribution in [0.25, 0.3) is 10.2 Å². The molecule has 3 aromatic rings. The third-order valence-corrected chi connectivity index (χ3v) is 7.50. The Morgan fingerprint density at radius 1 is 1.32 bits per heavy atom. The lowest BCUT2D eigenvalue weighted by molar-refractivity contribution is -0.129. The predicted molar refractivity (Wildman–Crippen MR) is 130 cm³/mol. The van der Waals surface area contributed by atoms with Gasteiger partial charge in [-0.25, -0.2) is 4.98 Å². The molecule has 0 radical (unpaired) electrons. The predicted octanol–water partition coefficient (Wildman–Crippen LogP) is 4.80. The van der Waals surface area contributed by atoms with Crippen LogP contribution in [0.1, 0.15) is 29.6 Å². The molecule has 6 nitrogen and oxygen atoms in total. The number of aryl methyl sites for hydroxylation is 2. The number of halogens is 1. The largest absolute Gasteiger partial charge is 0.494 e. The lowest BCUT2D eigenvalue weighted by Gasteiger charge is -2.21. The summed E-state index contributed by atoms with van der Waals surface area (Å²) in [6.07, 6.45) is 0.727. The number of hydrogen-bond donors (Lipinski definition) is 1. The first-order valence-corrected chi connectivity index (χ1v) is 12.2. The molecule has 166 valence electrons. The first-order valence-electron chi connectivity index (χ1n) is 10.00. The van der Waals surface area contributed by atoms with Crippen LogP contribution >= 0.6 is 34.7 Å². The smallest absolute Gasteiger partial charge is 0.259 e. The number of rotatable bonds is 9. The van der Waals surface area contributed by atoms with E-state index in [-0.39, 0.29) is 16.7 Å². The van der Waals surface area contributed by atoms with Gasteiger partial charge in [0.15, 0.2) is 0 Å². The van der Waals surface area contributed by atoms with E-state index >= 15 is 0 Å². The molecule has 1 amide bonds. The van der Waals surface area contributed by atoms with Crippen molar-refractivity contribution in [3.63, 3.8) is 0 Å². The zero-order chi connectivity index (χ0) is 22.5. The fraction of sp³-hybridized carbons (Fsp3) is 0.409. The molecule has 1 atom stereocenters. The summed E-state index contributed by atoms with van der Waals surface area (Å²) in [6.45, 7) is 6.94. The third-order valence-electron chi connectivity index (χ3n) is 5.00. The van der Waals surface area contributed by atoms with Gasteiger partial charge >= 0.3 is 0 Å². The number of nitrogens with zero attached hydrogens (tertiary/aromatic N) is 2. The molecular formula is C22H26ClN3O3S2. The summed E-state index contributed by atoms with van der Waals surface area (Å²) in [7, 11) is 1.80. The Kier molecular flexibility index (Phi) is 8.02. The van der Waals surface area contributed by atoms with Crippen LogP contribution in [0, 0.1) is 13.8 Å². The summed E-state index contributed by atoms with van der Waals surface area (Å²) in [4.78, 5) is 36.1. The number of carbonyl (C=O) groups is 1. The van der Waals surface area contributed by atoms with Gasteiger partial charge in [-0.1, -0.05) is 11.6 Å². The second kappa shape index (κ2) is 10.5. The molecule has 1 aromatic carbocycles. The van der Waals surface area contributed by atoms with Gasteiger partial charge < -0.3 is 14.6 Å². The fourth-order valence-corrected chi connectivity index (χ4v) is 5.13. The van der Waals surface area contributed by atoms with E-state index in [1.165, 1.54) is 23.1 Å². The minimum atomic E-state index is -0.241. The minimum Gasteiger partial charge on any atom is -0.494 e. The Bertz CT molecular complexity index is 1110. The van der Waals surface area contributed by atoms with Crippen LogP contribution in [-0.2, 0) is 10.5 Å². The third kappa shape index (κ3) is 6.02. The van der Waals surface area contributed by atoms with E-state index in [1.807, 2.05) is 32.9 Å². The first-order chi connectivity index (χ1) is 14.8. The van der Waals surface area contributed by atoms with E-state index in [4.69, 9.17) is 16.3 Å². The van der Waals surface area contributed by atoms with Gasteiger partial charge in [0.1, 0.15) is 16.4 Å². The number of H-pyrrole nitrogens is 1. The number of amides is 1. The highest BCUT2D eigenvalue weighted by molar-refractivity contribution is 7.99. The number of hydrogen-bond acceptors (Lipinski definition) is 6. The van der Waals surface area contributed by atoms with Crippen LogP contribution in [0.4, 0.5) is 0 Å². The number of nitrogens with one attached hydrogen (secondary N) is 1. The van der Waals surface area contributed by atoms with Crippen LogP contribution in [-0.4, -0.2) is 46.2 Å². The van der Waals surface area contributed by atoms with Crippen molar-refractivity contribution in [3.05, 3.63) is 55.9 Å². The molecule has 0 aliphatic heterocycles. The number of ether oxygens (including phenoxy) is 1. The van der Waals surface area contributed by atoms with E-state index in [1.54, 1.807) is 24.1 Å². The Morgan fingerprint density at radius 3 is 2.74 bits per heavy atom. The van der Waals surface area contributed by atoms with Gasteiger partial charge in [0.05, 0.1) is 23.0 Å². The van der Waals surface area contributed by atoms with Crippen molar-refractivity contribution in [3.8, 4) is 5.75 Å². The molecule has 1 N–H and O–H groups in total. The number of benzene rings is 1. The summed E-state index contributed by atoms with van der Waals surface area (Å²) in [5.74, 6) is 1.88. The SMILES string of the molecule is Cc1sc2nc(CSC(C)C(=O)N(C)CCCOc3ccc(Cl)cc3)[nH]c(=O)c2c1C. The van der Waals surface area contributed by atoms with Crippen molar-refractivity contribution in [2.45, 2.75) is 38.2 Å². The van der Waals surface area contributed by atoms with E-state index in [9.17, 15) is 9.59 Å². The Balaban J connectivity index is 1.46. The minimum absolute atomic E-state index is 0.0442. The molecule has 0 aliphatic carbocycles. The summed E-state index contributed by atoms with van der Waals surface area (Å²) in [5, 5.41) is 1.10. The molecule has 0 spiro atoms. The molecule has 0 bridgehead atoms. The highest BCUT2D eigenvalue weighted by atomic mass is 35.5. The van der Waals surface area contributed by atoms with Gasteiger partial charge in [-0.3, -0.25) is 9.59 Å². The molecule has 0 fully saturated rings. The van der Waals surface area contributed by atoms with Gasteiger partial charge in [-0.2, -0.15) is 0 Å². The van der Waals surface area contributed by atoms with Gasteiger partial charge in [0, 0.05) is 23.5 Å². The van der Waals surface area contributed by atoms with Crippen LogP contribution in [0.2, 0.25) is 5.02 Å². The summed E-state index contributed by atoms with van der Waals surface area (Å²) in [6, 6.07) is 7.22. The number of carbonyl (C=O) groups excluding carboxylic acids is 1. The molecule has 3 rings (SSSR count). The lowest BCUT2D eigenvalue weighted by Crippen LogP contribution is -2.34. The van der Waals surface area contributed by atoms with Crippen LogP contribution in [0.5, 0.6) is 5.75 Å². The van der Waals surface area contributed by atoms with Crippen LogP contribution < -0.4 is 10.3 Å². The highest BCUT2D eigenvalue weighted by Gasteiger charge is 2.19. The Hall–Kier alpha value is -2.03. The molecule has 1 unspecified atom stereocenters. The standard InChI is InChI=1S/C22H26ClN3O3S2/c1-13-14(2)31-21-19(13)20(27)24-18(25-21)12-30-15(3)22(28)26(4)10-5-11-29-17-8-6-16(23)7-9-17/h6-9,15H,5,10-12H2,1-4H3,(H,24,25,27). The summed E-state index contributed by atoms with van der Waals surface area (Å²) in [5.41, 5.74) is 0.873. The molecule has 0 saturated carbocycles. The maximum Gasteiger partial charge on any atom is 0.259 e. The number of aromatic amines is 1. The van der Waals surface area contributed by atoms with Crippen molar-refractivity contribution in [1.29, 1.82) is 0 Å². The monoisotopic (exact) mass is 479 g/mol. The first kappa shape index (κ1) is 23.6. The van der Waals surface area contributed by atoms with E-state index in [2.05, 4.69) is 9.97 Å². The topological polar surface area (TPSA) is 75.3 Å². The second-order valence-electron chi connectivity index (χ2n) is 7.34. The summed E-state index contributed by atoms with van der Waals surface area (Å²) >= 11 is 8.86. The molecule has 9 heteroatoms. The van der Waals surface area contributed by atoms with Crippen LogP contribution in [0.15, 0.2) is 29.1 Å². The zero-order valence-electron chi connectivity index (χ0n) is 18.0. The molecule has 2 aromatic heterocycles. The molecule has 0 aliphatic rings. The molecule has 0 saturated heterocycles. The van der Waals surface area contributed by atoms with Gasteiger partial charge in [-0.05, 0) is 57.0 Å². The van der Waals surface area contributed by atoms with Crippen LogP contribution in [0.3, 0.4) is 0 Å². The van der Waals surface area contributed by atoms with E-state index < -0.39 is 0 Å². The normalized spacial score (nSPS) is 12.2. The van der Waals surface area contributed by atoms with Crippen molar-refractivity contribution >= 4 is 50.8 Å². The highest BCUT2D eigenvalue weighted by Crippen LogP contribution is 2.26. The number of fused-ring (bicyclic) bond motifs is 1. The van der Waals surface area contributed by atoms with Crippen molar-refractivity contribution < 1.29 is 9.53 Å². The molecule has 31 heavy (non-hydrogen) atoms. The van der Waals surface area contributed by atoms with Crippen molar-refractivity contribution in [1.82, 2.24) is 14.9 Å². The second-order valence-corrected chi connectivity index (χ2v) is 10.3. The Morgan fingerprint density at radius 2 is 2.03 bits per heavy atom. The fourth-order valence-electron chi connectivity index (χ4n) is 3.09. The Labute approximate surface area is 195 Å². The molecule has 2 heterocycles. The van der Waals surface area contributed by atoms with Crippen molar-refractivity contribution in [2.24, 2.45) is 0 Å². The number of aromatic nitrogens is 2. The summed E-state index contributed by atoms with van der Waals surface area (Å²) < 4.78 is 5.67. The van der Waals surface area contributed by atoms with E-state index in [0.29, 0.717) is 35.1 Å². The number of thioether (sulfide) groups is 1. The van der Waals surface area contributed by atoms with Gasteiger partial charge in [0.2, 0.25) is 5.91 Å². The molecular weight excluding hydrogens is 454 g/mol. The average molecular weight is 480 g/mol. The average Bonchev–Trinajstić information content (AvgIpc) is 3.03. The van der Waals surface area contributed by atoms with Crippen molar-refractivity contribution in [2.75, 3.05) is 20.2 Å². The maximum atomic E-state index is 12.7. The maximum absolute atomic E-state index is 12.7. The number of thiophene rings is 1.